The van der Waals surface area contributed by atoms with Crippen molar-refractivity contribution in [2.75, 3.05) is 0 Å². The zero-order chi connectivity index (χ0) is 36.2. The number of ether oxygens (including phenoxy) is 1. The van der Waals surface area contributed by atoms with Gasteiger partial charge in [0.05, 0.1) is 33.1 Å². The van der Waals surface area contributed by atoms with Crippen LogP contribution in [0.15, 0.2) is 128 Å². The molecule has 10 aromatic rings. The lowest BCUT2D eigenvalue weighted by Crippen LogP contribution is -2.12. The number of fused-ring (bicyclic) bond motifs is 10. The Labute approximate surface area is 306 Å². The summed E-state index contributed by atoms with van der Waals surface area (Å²) < 4.78 is 15.6. The van der Waals surface area contributed by atoms with Gasteiger partial charge in [0.25, 0.3) is 0 Å². The third kappa shape index (κ3) is 4.71. The van der Waals surface area contributed by atoms with Gasteiger partial charge in [-0.25, -0.2) is 15.0 Å². The summed E-state index contributed by atoms with van der Waals surface area (Å²) in [7, 11) is 0. The molecule has 0 unspecified atom stereocenters. The highest BCUT2D eigenvalue weighted by molar-refractivity contribution is 5.95. The van der Waals surface area contributed by atoms with Crippen LogP contribution in [0.25, 0.3) is 67.2 Å². The Morgan fingerprint density at radius 1 is 0.472 bits per heavy atom. The monoisotopic (exact) mass is 693 g/mol. The van der Waals surface area contributed by atoms with Crippen LogP contribution >= 0.6 is 0 Å². The van der Waals surface area contributed by atoms with Crippen LogP contribution < -0.4 is 4.74 Å². The van der Waals surface area contributed by atoms with Crippen LogP contribution in [0.5, 0.6) is 11.5 Å². The van der Waals surface area contributed by atoms with E-state index in [9.17, 15) is 0 Å². The van der Waals surface area contributed by atoms with E-state index in [0.717, 1.165) is 84.3 Å². The summed E-state index contributed by atoms with van der Waals surface area (Å²) in [5.74, 6) is 3.15. The molecule has 10 rings (SSSR count). The fourth-order valence-electron chi connectivity index (χ4n) is 7.90. The number of nitrogens with zero attached hydrogens (tertiary/aromatic N) is 7. The van der Waals surface area contributed by atoms with E-state index in [1.54, 1.807) is 0 Å². The largest absolute Gasteiger partial charge is 0.457 e. The first-order valence-corrected chi connectivity index (χ1v) is 18.1. The van der Waals surface area contributed by atoms with Gasteiger partial charge < -0.3 is 4.74 Å². The van der Waals surface area contributed by atoms with Crippen molar-refractivity contribution < 1.29 is 4.74 Å². The quantitative estimate of drug-likeness (QED) is 0.184. The van der Waals surface area contributed by atoms with Crippen molar-refractivity contribution in [3.63, 3.8) is 0 Å². The molecule has 8 heteroatoms. The molecule has 0 saturated heterocycles. The second-order valence-corrected chi connectivity index (χ2v) is 15.9. The molecular formula is C45H39N7O. The SMILES string of the molecule is CC(C)(C)c1cccc2c1nc1n(-c3ccccc3)c3ccc(Oc4ccc5c(c4)n4c6nccc(C(C)(C)C)c6nc4n5-c4ccccc4)cc3n21. The number of hydrogen-bond donors (Lipinski definition) is 0. The fourth-order valence-corrected chi connectivity index (χ4v) is 7.90. The molecule has 0 fully saturated rings. The number of benzene rings is 5. The first kappa shape index (κ1) is 31.3. The molecule has 0 spiro atoms. The molecule has 53 heavy (non-hydrogen) atoms. The number of pyridine rings is 1. The molecule has 0 saturated carbocycles. The van der Waals surface area contributed by atoms with Crippen LogP contribution in [0.4, 0.5) is 0 Å². The molecule has 0 aliphatic rings. The summed E-state index contributed by atoms with van der Waals surface area (Å²) in [4.78, 5) is 15.4. The van der Waals surface area contributed by atoms with Crippen LogP contribution in [0, 0.1) is 0 Å². The van der Waals surface area contributed by atoms with Gasteiger partial charge in [0, 0.05) is 29.7 Å². The maximum Gasteiger partial charge on any atom is 0.221 e. The molecule has 0 atom stereocenters. The van der Waals surface area contributed by atoms with Gasteiger partial charge in [0.1, 0.15) is 17.0 Å². The van der Waals surface area contributed by atoms with E-state index in [2.05, 4.69) is 157 Å². The van der Waals surface area contributed by atoms with Gasteiger partial charge in [-0.15, -0.1) is 0 Å². The molecule has 0 bridgehead atoms. The lowest BCUT2D eigenvalue weighted by Gasteiger charge is -2.19. The number of imidazole rings is 4. The van der Waals surface area contributed by atoms with E-state index in [4.69, 9.17) is 19.7 Å². The minimum Gasteiger partial charge on any atom is -0.457 e. The van der Waals surface area contributed by atoms with Crippen LogP contribution in [0.1, 0.15) is 52.7 Å². The number of para-hydroxylation sites is 3. The van der Waals surface area contributed by atoms with E-state index in [1.807, 2.05) is 30.5 Å². The molecule has 0 aliphatic carbocycles. The Balaban J connectivity index is 1.18. The van der Waals surface area contributed by atoms with E-state index < -0.39 is 0 Å². The lowest BCUT2D eigenvalue weighted by molar-refractivity contribution is 0.484. The topological polar surface area (TPSA) is 66.6 Å². The van der Waals surface area contributed by atoms with Crippen LogP contribution in [0.2, 0.25) is 0 Å². The summed E-state index contributed by atoms with van der Waals surface area (Å²) in [6.45, 7) is 13.4. The minimum absolute atomic E-state index is 0.0611. The standard InChI is InChI=1S/C45H39N7O/c1-44(2,3)32-18-13-19-36-39(32)47-42-49(28-14-9-7-10-15-28)34-22-20-30(26-37(34)51(36)42)53-31-21-23-35-38(27-31)52-41-40(33(24-25-46-41)45(4,5)6)48-43(52)50(35)29-16-11-8-12-17-29/h7-27H,1-6H3. The molecule has 0 radical (unpaired) electrons. The third-order valence-corrected chi connectivity index (χ3v) is 10.3. The van der Waals surface area contributed by atoms with E-state index in [-0.39, 0.29) is 10.8 Å². The summed E-state index contributed by atoms with van der Waals surface area (Å²) in [6.07, 6.45) is 1.89. The van der Waals surface area contributed by atoms with Crippen molar-refractivity contribution in [2.24, 2.45) is 0 Å². The van der Waals surface area contributed by atoms with Crippen molar-refractivity contribution in [3.05, 3.63) is 139 Å². The Morgan fingerprint density at radius 2 is 1.00 bits per heavy atom. The van der Waals surface area contributed by atoms with Gasteiger partial charge in [0.2, 0.25) is 11.6 Å². The normalized spacial score (nSPS) is 12.7. The van der Waals surface area contributed by atoms with Crippen LogP contribution in [0.3, 0.4) is 0 Å². The second kappa shape index (κ2) is 11.0. The maximum atomic E-state index is 6.75. The highest BCUT2D eigenvalue weighted by Gasteiger charge is 2.26. The Morgan fingerprint density at radius 3 is 1.58 bits per heavy atom. The van der Waals surface area contributed by atoms with Crippen molar-refractivity contribution in [1.82, 2.24) is 32.9 Å². The summed E-state index contributed by atoms with van der Waals surface area (Å²) in [5, 5.41) is 0. The van der Waals surface area contributed by atoms with Crippen LogP contribution in [-0.2, 0) is 10.8 Å². The molecule has 0 aliphatic heterocycles. The number of aromatic nitrogens is 7. The molecule has 0 N–H and O–H groups in total. The molecule has 0 amide bonds. The first-order valence-electron chi connectivity index (χ1n) is 18.1. The van der Waals surface area contributed by atoms with Crippen molar-refractivity contribution in [2.45, 2.75) is 52.4 Å². The number of rotatable bonds is 4. The second-order valence-electron chi connectivity index (χ2n) is 15.9. The highest BCUT2D eigenvalue weighted by atomic mass is 16.5. The Hall–Kier alpha value is -6.41. The average Bonchev–Trinajstić information content (AvgIpc) is 3.87. The predicted octanol–water partition coefficient (Wildman–Crippen LogP) is 11.0. The highest BCUT2D eigenvalue weighted by Crippen LogP contribution is 2.38. The van der Waals surface area contributed by atoms with Crippen molar-refractivity contribution in [3.8, 4) is 22.9 Å². The number of hydrogen-bond acceptors (Lipinski definition) is 4. The zero-order valence-corrected chi connectivity index (χ0v) is 30.7. The third-order valence-electron chi connectivity index (χ3n) is 10.3. The van der Waals surface area contributed by atoms with Gasteiger partial charge in [-0.3, -0.25) is 17.9 Å². The predicted molar refractivity (Wildman–Crippen MR) is 214 cm³/mol. The summed E-state index contributed by atoms with van der Waals surface area (Å²) >= 11 is 0. The maximum absolute atomic E-state index is 6.75. The van der Waals surface area contributed by atoms with Gasteiger partial charge in [-0.05, 0) is 82.6 Å². The zero-order valence-electron chi connectivity index (χ0n) is 30.7. The first-order chi connectivity index (χ1) is 25.6. The van der Waals surface area contributed by atoms with Gasteiger partial charge in [-0.1, -0.05) is 90.1 Å². The van der Waals surface area contributed by atoms with Gasteiger partial charge in [-0.2, -0.15) is 0 Å². The Bertz CT molecular complexity index is 2830. The lowest BCUT2D eigenvalue weighted by atomic mass is 9.86. The average molecular weight is 694 g/mol. The minimum atomic E-state index is -0.0966. The van der Waals surface area contributed by atoms with E-state index in [0.29, 0.717) is 0 Å². The van der Waals surface area contributed by atoms with Gasteiger partial charge >= 0.3 is 0 Å². The summed E-state index contributed by atoms with van der Waals surface area (Å²) in [6, 6.07) is 42.0. The fraction of sp³-hybridized carbons (Fsp3) is 0.178. The van der Waals surface area contributed by atoms with Crippen LogP contribution in [-0.4, -0.2) is 32.9 Å². The van der Waals surface area contributed by atoms with Gasteiger partial charge in [0.15, 0.2) is 5.65 Å². The Kier molecular flexibility index (Phi) is 6.53. The molecular weight excluding hydrogens is 655 g/mol. The van der Waals surface area contributed by atoms with E-state index >= 15 is 0 Å². The van der Waals surface area contributed by atoms with Crippen molar-refractivity contribution in [1.29, 1.82) is 0 Å². The van der Waals surface area contributed by atoms with Crippen molar-refractivity contribution >= 4 is 55.8 Å². The van der Waals surface area contributed by atoms with E-state index in [1.165, 1.54) is 5.56 Å². The molecule has 5 heterocycles. The molecule has 5 aromatic carbocycles. The summed E-state index contributed by atoms with van der Waals surface area (Å²) in [5.41, 5.74) is 12.2. The smallest absolute Gasteiger partial charge is 0.221 e. The molecule has 5 aromatic heterocycles. The molecule has 260 valence electrons. The molecule has 8 nitrogen and oxygen atoms in total.